The van der Waals surface area contributed by atoms with E-state index in [4.69, 9.17) is 13.9 Å². The second-order valence-corrected chi connectivity index (χ2v) is 4.20. The molecule has 2 aromatic rings. The van der Waals surface area contributed by atoms with Gasteiger partial charge in [0.1, 0.15) is 11.3 Å². The SMILES string of the molecule is CCOC(=O)CCCCOc1cccc2occc12. The highest BCUT2D eigenvalue weighted by Gasteiger charge is 2.04. The molecule has 0 atom stereocenters. The highest BCUT2D eigenvalue weighted by Crippen LogP contribution is 2.26. The first kappa shape index (κ1) is 13.5. The Bertz CT molecular complexity index is 530. The number of carbonyl (C=O) groups is 1. The zero-order chi connectivity index (χ0) is 13.5. The first-order chi connectivity index (χ1) is 9.31. The van der Waals surface area contributed by atoms with Crippen molar-refractivity contribution in [3.05, 3.63) is 30.5 Å². The number of furan rings is 1. The molecule has 1 heterocycles. The lowest BCUT2D eigenvalue weighted by Gasteiger charge is -2.06. The van der Waals surface area contributed by atoms with E-state index in [-0.39, 0.29) is 5.97 Å². The van der Waals surface area contributed by atoms with Gasteiger partial charge in [0.05, 0.1) is 24.9 Å². The molecule has 0 saturated heterocycles. The number of unbranched alkanes of at least 4 members (excludes halogenated alkanes) is 1. The number of rotatable bonds is 7. The van der Waals surface area contributed by atoms with Gasteiger partial charge in [-0.05, 0) is 38.0 Å². The van der Waals surface area contributed by atoms with Crippen molar-refractivity contribution in [3.8, 4) is 5.75 Å². The van der Waals surface area contributed by atoms with E-state index >= 15 is 0 Å². The molecule has 0 radical (unpaired) electrons. The summed E-state index contributed by atoms with van der Waals surface area (Å²) in [5.74, 6) is 0.682. The van der Waals surface area contributed by atoms with Gasteiger partial charge in [-0.2, -0.15) is 0 Å². The molecule has 0 spiro atoms. The van der Waals surface area contributed by atoms with E-state index in [0.717, 1.165) is 29.6 Å². The number of hydrogen-bond donors (Lipinski definition) is 0. The Morgan fingerprint density at radius 1 is 1.26 bits per heavy atom. The van der Waals surface area contributed by atoms with Crippen molar-refractivity contribution in [1.82, 2.24) is 0 Å². The Kier molecular flexibility index (Phi) is 4.84. The molecule has 102 valence electrons. The molecule has 0 unspecified atom stereocenters. The van der Waals surface area contributed by atoms with Gasteiger partial charge in [-0.3, -0.25) is 4.79 Å². The van der Waals surface area contributed by atoms with Gasteiger partial charge in [0, 0.05) is 6.42 Å². The van der Waals surface area contributed by atoms with Crippen molar-refractivity contribution >= 4 is 16.9 Å². The molecule has 0 bridgehead atoms. The van der Waals surface area contributed by atoms with Crippen LogP contribution < -0.4 is 4.74 Å². The third-order valence-corrected chi connectivity index (χ3v) is 2.79. The van der Waals surface area contributed by atoms with Crippen LogP contribution >= 0.6 is 0 Å². The molecule has 0 amide bonds. The van der Waals surface area contributed by atoms with Crippen molar-refractivity contribution in [3.63, 3.8) is 0 Å². The average molecular weight is 262 g/mol. The van der Waals surface area contributed by atoms with Gasteiger partial charge in [0.25, 0.3) is 0 Å². The number of esters is 1. The van der Waals surface area contributed by atoms with Gasteiger partial charge in [-0.1, -0.05) is 6.07 Å². The molecular formula is C15H18O4. The molecule has 0 aliphatic heterocycles. The van der Waals surface area contributed by atoms with E-state index in [1.54, 1.807) is 6.26 Å². The lowest BCUT2D eigenvalue weighted by Crippen LogP contribution is -2.05. The van der Waals surface area contributed by atoms with E-state index in [0.29, 0.717) is 19.6 Å². The monoisotopic (exact) mass is 262 g/mol. The van der Waals surface area contributed by atoms with Crippen LogP contribution in [0.4, 0.5) is 0 Å². The lowest BCUT2D eigenvalue weighted by molar-refractivity contribution is -0.143. The van der Waals surface area contributed by atoms with Crippen molar-refractivity contribution < 1.29 is 18.7 Å². The summed E-state index contributed by atoms with van der Waals surface area (Å²) >= 11 is 0. The van der Waals surface area contributed by atoms with Crippen LogP contribution in [0, 0.1) is 0 Å². The summed E-state index contributed by atoms with van der Waals surface area (Å²) in [7, 11) is 0. The highest BCUT2D eigenvalue weighted by molar-refractivity contribution is 5.83. The van der Waals surface area contributed by atoms with Gasteiger partial charge in [0.15, 0.2) is 0 Å². The van der Waals surface area contributed by atoms with E-state index in [1.807, 2.05) is 31.2 Å². The summed E-state index contributed by atoms with van der Waals surface area (Å²) in [6, 6.07) is 7.62. The quantitative estimate of drug-likeness (QED) is 0.565. The van der Waals surface area contributed by atoms with Crippen LogP contribution in [0.25, 0.3) is 11.0 Å². The number of benzene rings is 1. The van der Waals surface area contributed by atoms with Gasteiger partial charge in [0.2, 0.25) is 0 Å². The maximum Gasteiger partial charge on any atom is 0.305 e. The molecule has 0 fully saturated rings. The molecule has 19 heavy (non-hydrogen) atoms. The molecule has 0 aliphatic rings. The lowest BCUT2D eigenvalue weighted by atomic mass is 10.2. The summed E-state index contributed by atoms with van der Waals surface area (Å²) in [6.07, 6.45) is 3.71. The Hall–Kier alpha value is -1.97. The van der Waals surface area contributed by atoms with Crippen LogP contribution in [0.3, 0.4) is 0 Å². The number of fused-ring (bicyclic) bond motifs is 1. The third-order valence-electron chi connectivity index (χ3n) is 2.79. The van der Waals surface area contributed by atoms with E-state index < -0.39 is 0 Å². The van der Waals surface area contributed by atoms with Gasteiger partial charge < -0.3 is 13.9 Å². The second-order valence-electron chi connectivity index (χ2n) is 4.20. The maximum absolute atomic E-state index is 11.1. The van der Waals surface area contributed by atoms with Crippen LogP contribution in [0.1, 0.15) is 26.2 Å². The van der Waals surface area contributed by atoms with Gasteiger partial charge >= 0.3 is 5.97 Å². The standard InChI is InChI=1S/C15H18O4/c1-2-17-15(16)8-3-4-10-18-13-6-5-7-14-12(13)9-11-19-14/h5-7,9,11H,2-4,8,10H2,1H3. The minimum atomic E-state index is -0.139. The van der Waals surface area contributed by atoms with Crippen molar-refractivity contribution in [2.24, 2.45) is 0 Å². The molecule has 4 heteroatoms. The van der Waals surface area contributed by atoms with Crippen molar-refractivity contribution in [2.45, 2.75) is 26.2 Å². The van der Waals surface area contributed by atoms with Gasteiger partial charge in [-0.15, -0.1) is 0 Å². The van der Waals surface area contributed by atoms with Crippen LogP contribution in [0.5, 0.6) is 5.75 Å². The first-order valence-electron chi connectivity index (χ1n) is 6.56. The number of hydrogen-bond acceptors (Lipinski definition) is 4. The van der Waals surface area contributed by atoms with E-state index in [1.165, 1.54) is 0 Å². The minimum Gasteiger partial charge on any atom is -0.493 e. The van der Waals surface area contributed by atoms with E-state index in [9.17, 15) is 4.79 Å². The molecule has 4 nitrogen and oxygen atoms in total. The maximum atomic E-state index is 11.1. The summed E-state index contributed by atoms with van der Waals surface area (Å²) in [4.78, 5) is 11.1. The third kappa shape index (κ3) is 3.74. The van der Waals surface area contributed by atoms with Crippen molar-refractivity contribution in [2.75, 3.05) is 13.2 Å². The van der Waals surface area contributed by atoms with Gasteiger partial charge in [-0.25, -0.2) is 0 Å². The Morgan fingerprint density at radius 2 is 2.16 bits per heavy atom. The fourth-order valence-corrected chi connectivity index (χ4v) is 1.88. The predicted molar refractivity (Wildman–Crippen MR) is 72.2 cm³/mol. The zero-order valence-electron chi connectivity index (χ0n) is 11.1. The highest BCUT2D eigenvalue weighted by atomic mass is 16.5. The van der Waals surface area contributed by atoms with Crippen LogP contribution in [0.2, 0.25) is 0 Å². The van der Waals surface area contributed by atoms with Crippen LogP contribution in [0.15, 0.2) is 34.9 Å². The molecule has 2 rings (SSSR count). The average Bonchev–Trinajstić information content (AvgIpc) is 2.87. The number of ether oxygens (including phenoxy) is 2. The summed E-state index contributed by atoms with van der Waals surface area (Å²) in [6.45, 7) is 2.84. The Balaban J connectivity index is 1.74. The fraction of sp³-hybridized carbons (Fsp3) is 0.400. The molecular weight excluding hydrogens is 244 g/mol. The Labute approximate surface area is 112 Å². The normalized spacial score (nSPS) is 10.6. The molecule has 0 N–H and O–H groups in total. The summed E-state index contributed by atoms with van der Waals surface area (Å²) < 4.78 is 15.9. The van der Waals surface area contributed by atoms with Crippen LogP contribution in [-0.2, 0) is 9.53 Å². The number of carbonyl (C=O) groups excluding carboxylic acids is 1. The largest absolute Gasteiger partial charge is 0.493 e. The van der Waals surface area contributed by atoms with Crippen LogP contribution in [-0.4, -0.2) is 19.2 Å². The smallest absolute Gasteiger partial charge is 0.305 e. The molecule has 0 aliphatic carbocycles. The molecule has 1 aromatic carbocycles. The summed E-state index contributed by atoms with van der Waals surface area (Å²) in [5, 5.41) is 0.980. The summed E-state index contributed by atoms with van der Waals surface area (Å²) in [5.41, 5.74) is 0.823. The first-order valence-corrected chi connectivity index (χ1v) is 6.56. The second kappa shape index (κ2) is 6.83. The fourth-order valence-electron chi connectivity index (χ4n) is 1.88. The van der Waals surface area contributed by atoms with E-state index in [2.05, 4.69) is 0 Å². The molecule has 0 saturated carbocycles. The minimum absolute atomic E-state index is 0.139. The molecule has 1 aromatic heterocycles. The predicted octanol–water partition coefficient (Wildman–Crippen LogP) is 3.55. The zero-order valence-corrected chi connectivity index (χ0v) is 11.1. The van der Waals surface area contributed by atoms with Crippen molar-refractivity contribution in [1.29, 1.82) is 0 Å². The Morgan fingerprint density at radius 3 is 3.00 bits per heavy atom. The topological polar surface area (TPSA) is 48.7 Å².